The van der Waals surface area contributed by atoms with Crippen LogP contribution in [0, 0.1) is 11.6 Å². The van der Waals surface area contributed by atoms with Gasteiger partial charge < -0.3 is 5.32 Å². The summed E-state index contributed by atoms with van der Waals surface area (Å²) in [6.07, 6.45) is 1.02. The highest BCUT2D eigenvalue weighted by Crippen LogP contribution is 2.41. The first-order chi connectivity index (χ1) is 9.19. The summed E-state index contributed by atoms with van der Waals surface area (Å²) >= 11 is 3.74. The minimum absolute atomic E-state index is 0.184. The van der Waals surface area contributed by atoms with E-state index in [0.717, 1.165) is 17.9 Å². The highest BCUT2D eigenvalue weighted by Gasteiger charge is 2.34. The molecule has 3 unspecified atom stereocenters. The van der Waals surface area contributed by atoms with Gasteiger partial charge >= 0.3 is 0 Å². The Morgan fingerprint density at radius 3 is 2.47 bits per heavy atom. The van der Waals surface area contributed by atoms with Gasteiger partial charge in [0.15, 0.2) is 0 Å². The zero-order valence-electron chi connectivity index (χ0n) is 11.2. The summed E-state index contributed by atoms with van der Waals surface area (Å²) in [4.78, 5) is 0. The maximum Gasteiger partial charge on any atom is 0.130 e. The lowest BCUT2D eigenvalue weighted by molar-refractivity contribution is 0.471. The maximum absolute atomic E-state index is 14.0. The second kappa shape index (κ2) is 6.95. The Morgan fingerprint density at radius 1 is 1.26 bits per heavy atom. The normalized spacial score (nSPS) is 25.3. The zero-order valence-corrected chi connectivity index (χ0v) is 12.8. The van der Waals surface area contributed by atoms with Gasteiger partial charge in [0.25, 0.3) is 0 Å². The predicted molar refractivity (Wildman–Crippen MR) is 80.9 cm³/mol. The summed E-state index contributed by atoms with van der Waals surface area (Å²) in [6, 6.07) is 3.82. The second-order valence-electron chi connectivity index (χ2n) is 4.55. The summed E-state index contributed by atoms with van der Waals surface area (Å²) in [5, 5.41) is 3.77. The van der Waals surface area contributed by atoms with Gasteiger partial charge in [-0.15, -0.1) is 0 Å². The van der Waals surface area contributed by atoms with Crippen LogP contribution in [0.1, 0.15) is 24.9 Å². The van der Waals surface area contributed by atoms with E-state index >= 15 is 0 Å². The van der Waals surface area contributed by atoms with E-state index in [2.05, 4.69) is 12.2 Å². The average molecular weight is 303 g/mol. The summed E-state index contributed by atoms with van der Waals surface area (Å²) in [5.41, 5.74) is 0.184. The SMILES string of the molecule is CCC1SCCSC1C(NC)c1c(F)cccc1F. The molecule has 1 fully saturated rings. The van der Waals surface area contributed by atoms with Gasteiger partial charge in [0.05, 0.1) is 6.04 Å². The van der Waals surface area contributed by atoms with Crippen LogP contribution in [0.5, 0.6) is 0 Å². The molecule has 0 spiro atoms. The Balaban J connectivity index is 2.33. The predicted octanol–water partition coefficient (Wildman–Crippen LogP) is 3.85. The number of benzene rings is 1. The largest absolute Gasteiger partial charge is 0.312 e. The molecule has 5 heteroatoms. The van der Waals surface area contributed by atoms with E-state index in [4.69, 9.17) is 0 Å². The van der Waals surface area contributed by atoms with Crippen molar-refractivity contribution in [2.24, 2.45) is 0 Å². The van der Waals surface area contributed by atoms with Gasteiger partial charge in [-0.05, 0) is 25.6 Å². The fraction of sp³-hybridized carbons (Fsp3) is 0.571. The smallest absolute Gasteiger partial charge is 0.130 e. The molecule has 1 heterocycles. The van der Waals surface area contributed by atoms with E-state index in [9.17, 15) is 8.78 Å². The minimum Gasteiger partial charge on any atom is -0.312 e. The van der Waals surface area contributed by atoms with Crippen LogP contribution in [-0.4, -0.2) is 29.1 Å². The quantitative estimate of drug-likeness (QED) is 0.907. The molecular formula is C14H19F2NS2. The van der Waals surface area contributed by atoms with E-state index in [1.54, 1.807) is 7.05 Å². The van der Waals surface area contributed by atoms with Crippen LogP contribution in [0.3, 0.4) is 0 Å². The number of rotatable bonds is 4. The Bertz CT molecular complexity index is 408. The van der Waals surface area contributed by atoms with Gasteiger partial charge in [-0.1, -0.05) is 13.0 Å². The van der Waals surface area contributed by atoms with Crippen LogP contribution in [0.25, 0.3) is 0 Å². The Kier molecular flexibility index (Phi) is 5.54. The van der Waals surface area contributed by atoms with Crippen molar-refractivity contribution in [3.8, 4) is 0 Å². The summed E-state index contributed by atoms with van der Waals surface area (Å²) in [5.74, 6) is 1.26. The second-order valence-corrected chi connectivity index (χ2v) is 7.19. The lowest BCUT2D eigenvalue weighted by atomic mass is 9.99. The first-order valence-corrected chi connectivity index (χ1v) is 8.63. The topological polar surface area (TPSA) is 12.0 Å². The molecule has 19 heavy (non-hydrogen) atoms. The van der Waals surface area contributed by atoms with Crippen LogP contribution in [0.2, 0.25) is 0 Å². The summed E-state index contributed by atoms with van der Waals surface area (Å²) < 4.78 is 28.0. The molecule has 2 rings (SSSR count). The van der Waals surface area contributed by atoms with Crippen molar-refractivity contribution in [2.75, 3.05) is 18.6 Å². The fourth-order valence-electron chi connectivity index (χ4n) is 2.53. The molecule has 1 aromatic carbocycles. The average Bonchev–Trinajstić information content (AvgIpc) is 2.43. The molecule has 0 amide bonds. The third-order valence-corrected chi connectivity index (χ3v) is 6.80. The molecule has 0 saturated carbocycles. The standard InChI is InChI=1S/C14H19F2NS2/c1-3-11-14(19-8-7-18-11)13(17-2)12-9(15)5-4-6-10(12)16/h4-6,11,13-14,17H,3,7-8H2,1-2H3. The van der Waals surface area contributed by atoms with Crippen molar-refractivity contribution in [3.05, 3.63) is 35.4 Å². The number of nitrogens with one attached hydrogen (secondary N) is 1. The Labute approximate surface area is 121 Å². The number of halogens is 2. The number of thioether (sulfide) groups is 2. The van der Waals surface area contributed by atoms with Gasteiger partial charge in [-0.3, -0.25) is 0 Å². The third kappa shape index (κ3) is 3.26. The monoisotopic (exact) mass is 303 g/mol. The molecule has 3 atom stereocenters. The van der Waals surface area contributed by atoms with Crippen LogP contribution < -0.4 is 5.32 Å². The van der Waals surface area contributed by atoms with Crippen LogP contribution in [0.4, 0.5) is 8.78 Å². The molecule has 1 saturated heterocycles. The maximum atomic E-state index is 14.0. The third-order valence-electron chi connectivity index (χ3n) is 3.44. The molecule has 0 bridgehead atoms. The molecule has 1 nitrogen and oxygen atoms in total. The Hall–Kier alpha value is -0.260. The van der Waals surface area contributed by atoms with Crippen molar-refractivity contribution in [1.82, 2.24) is 5.32 Å². The molecule has 1 aliphatic rings. The van der Waals surface area contributed by atoms with Gasteiger partial charge in [0, 0.05) is 27.6 Å². The molecule has 1 aromatic rings. The van der Waals surface area contributed by atoms with Crippen molar-refractivity contribution in [2.45, 2.75) is 29.9 Å². The first-order valence-electron chi connectivity index (χ1n) is 6.53. The fourth-order valence-corrected chi connectivity index (χ4v) is 5.80. The van der Waals surface area contributed by atoms with Crippen LogP contribution in [0.15, 0.2) is 18.2 Å². The number of hydrogen-bond acceptors (Lipinski definition) is 3. The molecule has 0 aliphatic carbocycles. The molecule has 106 valence electrons. The van der Waals surface area contributed by atoms with Crippen LogP contribution >= 0.6 is 23.5 Å². The number of hydrogen-bond donors (Lipinski definition) is 1. The van der Waals surface area contributed by atoms with E-state index in [-0.39, 0.29) is 16.9 Å². The van der Waals surface area contributed by atoms with Gasteiger partial charge in [0.2, 0.25) is 0 Å². The lowest BCUT2D eigenvalue weighted by Gasteiger charge is -2.36. The van der Waals surface area contributed by atoms with E-state index in [0.29, 0.717) is 5.25 Å². The Morgan fingerprint density at radius 2 is 1.89 bits per heavy atom. The first kappa shape index (κ1) is 15.1. The van der Waals surface area contributed by atoms with Crippen LogP contribution in [-0.2, 0) is 0 Å². The van der Waals surface area contributed by atoms with Gasteiger partial charge in [-0.2, -0.15) is 23.5 Å². The van der Waals surface area contributed by atoms with E-state index in [1.165, 1.54) is 18.2 Å². The summed E-state index contributed by atoms with van der Waals surface area (Å²) in [7, 11) is 1.78. The summed E-state index contributed by atoms with van der Waals surface area (Å²) in [6.45, 7) is 2.14. The molecule has 0 radical (unpaired) electrons. The van der Waals surface area contributed by atoms with Gasteiger partial charge in [-0.25, -0.2) is 8.78 Å². The molecule has 0 aromatic heterocycles. The molecular weight excluding hydrogens is 284 g/mol. The lowest BCUT2D eigenvalue weighted by Crippen LogP contribution is -2.38. The zero-order chi connectivity index (χ0) is 13.8. The van der Waals surface area contributed by atoms with E-state index < -0.39 is 11.6 Å². The minimum atomic E-state index is -0.453. The van der Waals surface area contributed by atoms with Crippen molar-refractivity contribution in [3.63, 3.8) is 0 Å². The van der Waals surface area contributed by atoms with Crippen molar-refractivity contribution in [1.29, 1.82) is 0 Å². The molecule has 1 aliphatic heterocycles. The highest BCUT2D eigenvalue weighted by molar-refractivity contribution is 8.07. The molecule has 1 N–H and O–H groups in total. The highest BCUT2D eigenvalue weighted by atomic mass is 32.2. The van der Waals surface area contributed by atoms with Crippen molar-refractivity contribution >= 4 is 23.5 Å². The van der Waals surface area contributed by atoms with Gasteiger partial charge in [0.1, 0.15) is 11.6 Å². The van der Waals surface area contributed by atoms with Crippen molar-refractivity contribution < 1.29 is 8.78 Å². The van der Waals surface area contributed by atoms with E-state index in [1.807, 2.05) is 23.5 Å².